The van der Waals surface area contributed by atoms with Crippen LogP contribution >= 0.6 is 0 Å². The first-order valence-electron chi connectivity index (χ1n) is 13.0. The van der Waals surface area contributed by atoms with Crippen LogP contribution in [0, 0.1) is 16.7 Å². The van der Waals surface area contributed by atoms with Crippen LogP contribution in [0.3, 0.4) is 0 Å². The quantitative estimate of drug-likeness (QED) is 0.431. The lowest BCUT2D eigenvalue weighted by molar-refractivity contribution is -0.133. The largest absolute Gasteiger partial charge is 0.374 e. The van der Waals surface area contributed by atoms with Crippen LogP contribution in [0.15, 0.2) is 48.5 Å². The normalized spacial score (nSPS) is 28.6. The molecular weight excluding hydrogens is 452 g/mol. The monoisotopic (exact) mass is 488 g/mol. The molecule has 1 heterocycles. The molecule has 3 aliphatic rings. The zero-order valence-electron chi connectivity index (χ0n) is 21.3. The van der Waals surface area contributed by atoms with Gasteiger partial charge in [0.05, 0.1) is 0 Å². The van der Waals surface area contributed by atoms with Crippen molar-refractivity contribution in [2.75, 3.05) is 10.6 Å². The van der Waals surface area contributed by atoms with Gasteiger partial charge in [-0.2, -0.15) is 0 Å². The molecule has 5 rings (SSSR count). The van der Waals surface area contributed by atoms with Crippen molar-refractivity contribution in [2.45, 2.75) is 71.5 Å². The Hall–Kier alpha value is -3.19. The first-order valence-corrected chi connectivity index (χ1v) is 13.0. The third-order valence-corrected chi connectivity index (χ3v) is 9.29. The fourth-order valence-corrected chi connectivity index (χ4v) is 6.41. The minimum absolute atomic E-state index is 0.164. The predicted molar refractivity (Wildman–Crippen MR) is 140 cm³/mol. The summed E-state index contributed by atoms with van der Waals surface area (Å²) in [5.74, 6) is 0.103. The molecule has 0 spiro atoms. The lowest BCUT2D eigenvalue weighted by Gasteiger charge is -2.39. The Labute approximate surface area is 212 Å². The number of carbonyl (C=O) groups is 3. The van der Waals surface area contributed by atoms with Gasteiger partial charge >= 0.3 is 0 Å². The number of piperidine rings is 1. The lowest BCUT2D eigenvalue weighted by Crippen LogP contribution is -2.47. The Morgan fingerprint density at radius 3 is 2.28 bits per heavy atom. The van der Waals surface area contributed by atoms with Crippen LogP contribution in [0.25, 0.3) is 0 Å². The van der Waals surface area contributed by atoms with Gasteiger partial charge in [0.25, 0.3) is 5.91 Å². The van der Waals surface area contributed by atoms with Crippen LogP contribution in [-0.2, 0) is 16.1 Å². The highest BCUT2D eigenvalue weighted by Gasteiger charge is 2.60. The molecule has 2 bridgehead atoms. The summed E-state index contributed by atoms with van der Waals surface area (Å²) >= 11 is 0. The van der Waals surface area contributed by atoms with Gasteiger partial charge in [-0.15, -0.1) is 0 Å². The van der Waals surface area contributed by atoms with E-state index in [-0.39, 0.29) is 17.7 Å². The van der Waals surface area contributed by atoms with E-state index in [1.54, 1.807) is 12.1 Å². The first-order chi connectivity index (χ1) is 17.2. The van der Waals surface area contributed by atoms with Gasteiger partial charge in [0.1, 0.15) is 6.04 Å². The molecule has 3 fully saturated rings. The van der Waals surface area contributed by atoms with E-state index < -0.39 is 6.04 Å². The highest BCUT2D eigenvalue weighted by Crippen LogP contribution is 2.65. The van der Waals surface area contributed by atoms with Crippen molar-refractivity contribution in [1.82, 2.24) is 10.6 Å². The molecule has 190 valence electrons. The summed E-state index contributed by atoms with van der Waals surface area (Å²) in [6.07, 6.45) is 4.70. The number of nitrogens with one attached hydrogen (secondary N) is 4. The Bertz CT molecular complexity index is 1160. The van der Waals surface area contributed by atoms with Gasteiger partial charge in [-0.1, -0.05) is 32.9 Å². The third kappa shape index (κ3) is 4.52. The van der Waals surface area contributed by atoms with Gasteiger partial charge in [0, 0.05) is 35.9 Å². The van der Waals surface area contributed by atoms with Crippen molar-refractivity contribution < 1.29 is 14.4 Å². The van der Waals surface area contributed by atoms with Crippen molar-refractivity contribution in [3.05, 3.63) is 59.7 Å². The molecule has 4 N–H and O–H groups in total. The number of hydrogen-bond acceptors (Lipinski definition) is 5. The second-order valence-electron chi connectivity index (χ2n) is 11.4. The SMILES string of the molecule is CC1(C)[C@@H]2CC[C@@]1(C)[C@@H](NCc1ccc(C(=O)Nc3ccc(NC4CCC(=O)NC4=O)cc3)cc1)C2. The van der Waals surface area contributed by atoms with Crippen LogP contribution in [-0.4, -0.2) is 29.8 Å². The maximum absolute atomic E-state index is 12.7. The molecule has 1 saturated heterocycles. The van der Waals surface area contributed by atoms with Crippen molar-refractivity contribution in [3.63, 3.8) is 0 Å². The summed E-state index contributed by atoms with van der Waals surface area (Å²) in [6, 6.07) is 15.1. The highest BCUT2D eigenvalue weighted by atomic mass is 16.2. The number of rotatable bonds is 7. The van der Waals surface area contributed by atoms with E-state index in [4.69, 9.17) is 0 Å². The van der Waals surface area contributed by atoms with E-state index in [0.717, 1.165) is 18.2 Å². The number of anilines is 2. The minimum Gasteiger partial charge on any atom is -0.374 e. The summed E-state index contributed by atoms with van der Waals surface area (Å²) in [4.78, 5) is 36.0. The first kappa shape index (κ1) is 24.5. The lowest BCUT2D eigenvalue weighted by atomic mass is 9.69. The third-order valence-electron chi connectivity index (χ3n) is 9.29. The van der Waals surface area contributed by atoms with Crippen molar-refractivity contribution in [1.29, 1.82) is 0 Å². The molecule has 36 heavy (non-hydrogen) atoms. The van der Waals surface area contributed by atoms with Gasteiger partial charge < -0.3 is 16.0 Å². The predicted octanol–water partition coefficient (Wildman–Crippen LogP) is 4.46. The molecule has 7 heteroatoms. The number of amides is 3. The van der Waals surface area contributed by atoms with Gasteiger partial charge in [-0.3, -0.25) is 19.7 Å². The van der Waals surface area contributed by atoms with Crippen LogP contribution < -0.4 is 21.3 Å². The zero-order valence-corrected chi connectivity index (χ0v) is 21.3. The second-order valence-corrected chi connectivity index (χ2v) is 11.4. The molecule has 1 unspecified atom stereocenters. The van der Waals surface area contributed by atoms with E-state index in [0.29, 0.717) is 41.0 Å². The second kappa shape index (κ2) is 9.36. The Morgan fingerprint density at radius 2 is 1.67 bits per heavy atom. The summed E-state index contributed by atoms with van der Waals surface area (Å²) in [6.45, 7) is 8.12. The average Bonchev–Trinajstić information content (AvgIpc) is 3.19. The van der Waals surface area contributed by atoms with Crippen molar-refractivity contribution in [2.24, 2.45) is 16.7 Å². The molecule has 0 aromatic heterocycles. The summed E-state index contributed by atoms with van der Waals surface area (Å²) in [5, 5.41) is 12.2. The van der Waals surface area contributed by atoms with E-state index in [1.165, 1.54) is 24.8 Å². The Kier molecular flexibility index (Phi) is 6.37. The Morgan fingerprint density at radius 1 is 0.972 bits per heavy atom. The van der Waals surface area contributed by atoms with E-state index in [9.17, 15) is 14.4 Å². The molecule has 3 amide bonds. The van der Waals surface area contributed by atoms with Gasteiger partial charge in [-0.25, -0.2) is 0 Å². The van der Waals surface area contributed by atoms with Crippen molar-refractivity contribution in [3.8, 4) is 0 Å². The number of hydrogen-bond donors (Lipinski definition) is 4. The smallest absolute Gasteiger partial charge is 0.255 e. The number of benzene rings is 2. The maximum Gasteiger partial charge on any atom is 0.255 e. The molecule has 1 aliphatic heterocycles. The van der Waals surface area contributed by atoms with Crippen LogP contribution in [0.2, 0.25) is 0 Å². The van der Waals surface area contributed by atoms with Gasteiger partial charge in [0.2, 0.25) is 11.8 Å². The standard InChI is InChI=1S/C29H36N4O3/c1-28(2)20-14-15-29(28,3)24(16-20)30-17-18-4-6-19(7-5-18)26(35)32-22-10-8-21(9-11-22)31-23-12-13-25(34)33-27(23)36/h4-11,20,23-24,30-31H,12-17H2,1-3H3,(H,32,35)(H,33,34,36)/t20-,23?,24+,29+/m1/s1. The molecule has 2 aromatic rings. The molecular formula is C29H36N4O3. The van der Waals surface area contributed by atoms with E-state index >= 15 is 0 Å². The van der Waals surface area contributed by atoms with E-state index in [1.807, 2.05) is 36.4 Å². The van der Waals surface area contributed by atoms with Gasteiger partial charge in [-0.05, 0) is 84.4 Å². The number of carbonyl (C=O) groups excluding carboxylic acids is 3. The fraction of sp³-hybridized carbons (Fsp3) is 0.483. The molecule has 7 nitrogen and oxygen atoms in total. The molecule has 2 saturated carbocycles. The Balaban J connectivity index is 1.12. The molecule has 4 atom stereocenters. The number of imide groups is 1. The molecule has 2 aromatic carbocycles. The fourth-order valence-electron chi connectivity index (χ4n) is 6.41. The summed E-state index contributed by atoms with van der Waals surface area (Å²) in [7, 11) is 0. The van der Waals surface area contributed by atoms with Crippen LogP contribution in [0.4, 0.5) is 11.4 Å². The van der Waals surface area contributed by atoms with Crippen LogP contribution in [0.1, 0.15) is 68.8 Å². The summed E-state index contributed by atoms with van der Waals surface area (Å²) < 4.78 is 0. The van der Waals surface area contributed by atoms with Crippen molar-refractivity contribution >= 4 is 29.1 Å². The topological polar surface area (TPSA) is 99.3 Å². The maximum atomic E-state index is 12.7. The zero-order chi connectivity index (χ0) is 25.5. The summed E-state index contributed by atoms with van der Waals surface area (Å²) in [5.41, 5.74) is 3.96. The van der Waals surface area contributed by atoms with Gasteiger partial charge in [0.15, 0.2) is 0 Å². The van der Waals surface area contributed by atoms with E-state index in [2.05, 4.69) is 42.0 Å². The average molecular weight is 489 g/mol. The number of fused-ring (bicyclic) bond motifs is 2. The molecule has 2 aliphatic carbocycles. The highest BCUT2D eigenvalue weighted by molar-refractivity contribution is 6.04. The van der Waals surface area contributed by atoms with Crippen LogP contribution in [0.5, 0.6) is 0 Å². The molecule has 0 radical (unpaired) electrons. The minimum atomic E-state index is -0.436.